The van der Waals surface area contributed by atoms with Gasteiger partial charge in [-0.1, -0.05) is 60.2 Å². The van der Waals surface area contributed by atoms with Crippen LogP contribution in [-0.2, 0) is 12.8 Å². The van der Waals surface area contributed by atoms with Gasteiger partial charge in [0.25, 0.3) is 0 Å². The van der Waals surface area contributed by atoms with Crippen LogP contribution in [0.15, 0.2) is 72.4 Å². The Kier molecular flexibility index (Phi) is 4.98. The summed E-state index contributed by atoms with van der Waals surface area (Å²) in [4.78, 5) is 5.97. The lowest BCUT2D eigenvalue weighted by molar-refractivity contribution is 0.289. The monoisotopic (exact) mass is 330 g/mol. The van der Waals surface area contributed by atoms with E-state index in [0.29, 0.717) is 0 Å². The Morgan fingerprint density at radius 3 is 2.64 bits per heavy atom. The molecule has 0 unspecified atom stereocenters. The van der Waals surface area contributed by atoms with Crippen molar-refractivity contribution in [3.8, 4) is 0 Å². The standard InChI is InChI=1S/C23H26N2/c1-2-7-19(8-3-1)17-20-12-15-25(16-13-20)14-6-9-21-18-24-23-11-5-4-10-22(21)23/h1-5,7-8,10-12,18,24H,6,9,13-17H2. The molecule has 2 heterocycles. The number of aryl methyl sites for hydroxylation is 1. The van der Waals surface area contributed by atoms with Crippen LogP contribution in [-0.4, -0.2) is 29.5 Å². The van der Waals surface area contributed by atoms with Gasteiger partial charge in [-0.25, -0.2) is 0 Å². The maximum absolute atomic E-state index is 3.38. The smallest absolute Gasteiger partial charge is 0.0456 e. The van der Waals surface area contributed by atoms with Gasteiger partial charge >= 0.3 is 0 Å². The topological polar surface area (TPSA) is 19.0 Å². The van der Waals surface area contributed by atoms with Gasteiger partial charge in [0.2, 0.25) is 0 Å². The third kappa shape index (κ3) is 4.02. The quantitative estimate of drug-likeness (QED) is 0.632. The lowest BCUT2D eigenvalue weighted by Crippen LogP contribution is -2.30. The van der Waals surface area contributed by atoms with Crippen molar-refractivity contribution in [3.05, 3.63) is 83.6 Å². The Morgan fingerprint density at radius 2 is 1.80 bits per heavy atom. The SMILES string of the molecule is C1=C(Cc2ccccc2)CCN(CCCc2c[nH]c3ccccc23)C1. The Morgan fingerprint density at radius 1 is 0.960 bits per heavy atom. The third-order valence-corrected chi connectivity index (χ3v) is 5.26. The maximum atomic E-state index is 3.38. The summed E-state index contributed by atoms with van der Waals surface area (Å²) >= 11 is 0. The number of nitrogens with one attached hydrogen (secondary N) is 1. The average Bonchev–Trinajstić information content (AvgIpc) is 3.07. The molecule has 1 aliphatic rings. The minimum Gasteiger partial charge on any atom is -0.361 e. The summed E-state index contributed by atoms with van der Waals surface area (Å²) in [5.41, 5.74) is 5.73. The molecule has 4 rings (SSSR count). The number of aromatic amines is 1. The van der Waals surface area contributed by atoms with Crippen LogP contribution in [0.3, 0.4) is 0 Å². The van der Waals surface area contributed by atoms with E-state index in [0.717, 1.165) is 19.4 Å². The van der Waals surface area contributed by atoms with Crippen molar-refractivity contribution in [1.29, 1.82) is 0 Å². The molecule has 2 nitrogen and oxygen atoms in total. The Hall–Kier alpha value is -2.32. The van der Waals surface area contributed by atoms with Crippen LogP contribution in [0.2, 0.25) is 0 Å². The van der Waals surface area contributed by atoms with E-state index in [-0.39, 0.29) is 0 Å². The van der Waals surface area contributed by atoms with E-state index in [9.17, 15) is 0 Å². The number of hydrogen-bond acceptors (Lipinski definition) is 1. The number of nitrogens with zero attached hydrogens (tertiary/aromatic N) is 1. The van der Waals surface area contributed by atoms with Crippen LogP contribution in [0.25, 0.3) is 10.9 Å². The fourth-order valence-corrected chi connectivity index (χ4v) is 3.81. The van der Waals surface area contributed by atoms with E-state index in [4.69, 9.17) is 0 Å². The summed E-state index contributed by atoms with van der Waals surface area (Å²) in [7, 11) is 0. The van der Waals surface area contributed by atoms with Crippen molar-refractivity contribution in [2.75, 3.05) is 19.6 Å². The van der Waals surface area contributed by atoms with E-state index in [1.165, 1.54) is 48.0 Å². The molecule has 0 aliphatic carbocycles. The molecule has 0 spiro atoms. The van der Waals surface area contributed by atoms with Gasteiger partial charge in [-0.05, 0) is 49.4 Å². The highest BCUT2D eigenvalue weighted by atomic mass is 15.1. The van der Waals surface area contributed by atoms with Crippen LogP contribution in [0.1, 0.15) is 24.0 Å². The molecule has 0 saturated carbocycles. The molecule has 1 N–H and O–H groups in total. The lowest BCUT2D eigenvalue weighted by atomic mass is 9.99. The van der Waals surface area contributed by atoms with Crippen LogP contribution in [0.5, 0.6) is 0 Å². The first-order valence-corrected chi connectivity index (χ1v) is 9.38. The molecular weight excluding hydrogens is 304 g/mol. The largest absolute Gasteiger partial charge is 0.361 e. The first-order valence-electron chi connectivity index (χ1n) is 9.38. The van der Waals surface area contributed by atoms with Gasteiger partial charge < -0.3 is 4.98 Å². The fourth-order valence-electron chi connectivity index (χ4n) is 3.81. The fraction of sp³-hybridized carbons (Fsp3) is 0.304. The molecule has 1 aliphatic heterocycles. The van der Waals surface area contributed by atoms with Gasteiger partial charge in [-0.3, -0.25) is 4.90 Å². The second kappa shape index (κ2) is 7.71. The number of H-pyrrole nitrogens is 1. The Bertz CT molecular complexity index is 845. The van der Waals surface area contributed by atoms with Gasteiger partial charge in [0, 0.05) is 30.2 Å². The first kappa shape index (κ1) is 16.2. The first-order chi connectivity index (χ1) is 12.4. The van der Waals surface area contributed by atoms with Crippen molar-refractivity contribution in [1.82, 2.24) is 9.88 Å². The maximum Gasteiger partial charge on any atom is 0.0456 e. The Labute approximate surface area is 150 Å². The van der Waals surface area contributed by atoms with Crippen molar-refractivity contribution in [3.63, 3.8) is 0 Å². The molecule has 0 fully saturated rings. The zero-order valence-corrected chi connectivity index (χ0v) is 14.7. The predicted molar refractivity (Wildman–Crippen MR) is 106 cm³/mol. The van der Waals surface area contributed by atoms with Gasteiger partial charge in [-0.2, -0.15) is 0 Å². The Balaban J connectivity index is 1.26. The normalized spacial score (nSPS) is 15.4. The number of aromatic nitrogens is 1. The van der Waals surface area contributed by atoms with Crippen LogP contribution in [0.4, 0.5) is 0 Å². The minimum absolute atomic E-state index is 1.11. The van der Waals surface area contributed by atoms with Crippen molar-refractivity contribution in [2.24, 2.45) is 0 Å². The zero-order valence-electron chi connectivity index (χ0n) is 14.7. The van der Waals surface area contributed by atoms with Crippen LogP contribution < -0.4 is 0 Å². The molecule has 0 saturated heterocycles. The molecule has 0 amide bonds. The van der Waals surface area contributed by atoms with E-state index < -0.39 is 0 Å². The summed E-state index contributed by atoms with van der Waals surface area (Å²) in [6, 6.07) is 19.4. The summed E-state index contributed by atoms with van der Waals surface area (Å²) < 4.78 is 0. The molecule has 0 bridgehead atoms. The summed E-state index contributed by atoms with van der Waals surface area (Å²) in [6.07, 6.45) is 9.33. The van der Waals surface area contributed by atoms with Crippen molar-refractivity contribution >= 4 is 10.9 Å². The van der Waals surface area contributed by atoms with Gasteiger partial charge in [-0.15, -0.1) is 0 Å². The predicted octanol–water partition coefficient (Wildman–Crippen LogP) is 4.98. The van der Waals surface area contributed by atoms with Gasteiger partial charge in [0.15, 0.2) is 0 Å². The van der Waals surface area contributed by atoms with Gasteiger partial charge in [0.05, 0.1) is 0 Å². The highest BCUT2D eigenvalue weighted by Crippen LogP contribution is 2.20. The lowest BCUT2D eigenvalue weighted by Gasteiger charge is -2.26. The summed E-state index contributed by atoms with van der Waals surface area (Å²) in [5.74, 6) is 0. The molecule has 1 aromatic heterocycles. The van der Waals surface area contributed by atoms with Crippen LogP contribution >= 0.6 is 0 Å². The molecule has 2 aromatic carbocycles. The molecular formula is C23H26N2. The van der Waals surface area contributed by atoms with E-state index in [2.05, 4.69) is 76.8 Å². The molecule has 128 valence electrons. The van der Waals surface area contributed by atoms with E-state index in [1.54, 1.807) is 5.57 Å². The zero-order chi connectivity index (χ0) is 16.9. The summed E-state index contributed by atoms with van der Waals surface area (Å²) in [5, 5.41) is 1.38. The van der Waals surface area contributed by atoms with Gasteiger partial charge in [0.1, 0.15) is 0 Å². The minimum atomic E-state index is 1.11. The second-order valence-electron chi connectivity index (χ2n) is 7.04. The number of rotatable bonds is 6. The van der Waals surface area contributed by atoms with Crippen molar-refractivity contribution in [2.45, 2.75) is 25.7 Å². The molecule has 25 heavy (non-hydrogen) atoms. The summed E-state index contributed by atoms with van der Waals surface area (Å²) in [6.45, 7) is 3.50. The molecule has 2 heteroatoms. The number of hydrogen-bond donors (Lipinski definition) is 1. The highest BCUT2D eigenvalue weighted by molar-refractivity contribution is 5.82. The third-order valence-electron chi connectivity index (χ3n) is 5.26. The molecule has 3 aromatic rings. The van der Waals surface area contributed by atoms with E-state index in [1.807, 2.05) is 0 Å². The van der Waals surface area contributed by atoms with Crippen LogP contribution in [0, 0.1) is 0 Å². The number of benzene rings is 2. The second-order valence-corrected chi connectivity index (χ2v) is 7.04. The number of para-hydroxylation sites is 1. The average molecular weight is 330 g/mol. The van der Waals surface area contributed by atoms with E-state index >= 15 is 0 Å². The molecule has 0 atom stereocenters. The highest BCUT2D eigenvalue weighted by Gasteiger charge is 2.12. The molecule has 0 radical (unpaired) electrons. The van der Waals surface area contributed by atoms with Crippen molar-refractivity contribution < 1.29 is 0 Å². The number of fused-ring (bicyclic) bond motifs is 1.